The zero-order valence-corrected chi connectivity index (χ0v) is 19.6. The Bertz CT molecular complexity index is 1120. The van der Waals surface area contributed by atoms with Crippen LogP contribution in [-0.2, 0) is 11.2 Å². The summed E-state index contributed by atoms with van der Waals surface area (Å²) < 4.78 is 10.6. The number of rotatable bonds is 8. The lowest BCUT2D eigenvalue weighted by Gasteiger charge is -2.25. The Morgan fingerprint density at radius 1 is 1.15 bits per heavy atom. The van der Waals surface area contributed by atoms with Gasteiger partial charge in [-0.2, -0.15) is 0 Å². The predicted molar refractivity (Wildman–Crippen MR) is 128 cm³/mol. The minimum Gasteiger partial charge on any atom is -0.497 e. The molecule has 2 heterocycles. The fourth-order valence-corrected chi connectivity index (χ4v) is 4.84. The number of likely N-dealkylation sites (tertiary alicyclic amines) is 1. The standard InChI is InChI=1S/C25H27N3O4S/c1-31-19-10-11-20(22(15-19)32-2)25(30)28-14-6-9-21(28)23(29)26-13-12-18-16-33-24(27-18)17-7-4-3-5-8-17/h3-5,7-8,10-11,15-16,21H,6,9,12-14H2,1-2H3,(H,26,29)/t21-/m1/s1. The average Bonchev–Trinajstić information content (AvgIpc) is 3.54. The second-order valence-electron chi connectivity index (χ2n) is 7.77. The van der Waals surface area contributed by atoms with Crippen LogP contribution in [0.5, 0.6) is 11.5 Å². The van der Waals surface area contributed by atoms with Crippen LogP contribution >= 0.6 is 11.3 Å². The summed E-state index contributed by atoms with van der Waals surface area (Å²) in [5.74, 6) is 0.700. The molecule has 4 rings (SSSR count). The van der Waals surface area contributed by atoms with Crippen molar-refractivity contribution in [3.05, 3.63) is 65.2 Å². The molecule has 1 atom stereocenters. The van der Waals surface area contributed by atoms with E-state index in [0.717, 1.165) is 22.7 Å². The largest absolute Gasteiger partial charge is 0.497 e. The van der Waals surface area contributed by atoms with Crippen LogP contribution in [0.15, 0.2) is 53.9 Å². The molecule has 172 valence electrons. The van der Waals surface area contributed by atoms with Crippen LogP contribution in [0.2, 0.25) is 0 Å². The van der Waals surface area contributed by atoms with E-state index in [9.17, 15) is 9.59 Å². The Labute approximate surface area is 197 Å². The zero-order valence-electron chi connectivity index (χ0n) is 18.7. The van der Waals surface area contributed by atoms with Crippen molar-refractivity contribution in [2.24, 2.45) is 0 Å². The van der Waals surface area contributed by atoms with Crippen molar-refractivity contribution in [1.82, 2.24) is 15.2 Å². The molecule has 1 aromatic heterocycles. The fourth-order valence-electron chi connectivity index (χ4n) is 3.98. The number of nitrogens with one attached hydrogen (secondary N) is 1. The lowest BCUT2D eigenvalue weighted by Crippen LogP contribution is -2.46. The van der Waals surface area contributed by atoms with Crippen LogP contribution in [0.1, 0.15) is 28.9 Å². The van der Waals surface area contributed by atoms with Gasteiger partial charge in [-0.25, -0.2) is 4.98 Å². The first-order chi connectivity index (χ1) is 16.1. The van der Waals surface area contributed by atoms with Crippen LogP contribution in [0.25, 0.3) is 10.6 Å². The Morgan fingerprint density at radius 3 is 2.73 bits per heavy atom. The number of nitrogens with zero attached hydrogens (tertiary/aromatic N) is 2. The number of carbonyl (C=O) groups excluding carboxylic acids is 2. The molecule has 8 heteroatoms. The summed E-state index contributed by atoms with van der Waals surface area (Å²) in [5.41, 5.74) is 2.46. The molecular weight excluding hydrogens is 438 g/mol. The minimum absolute atomic E-state index is 0.133. The number of ether oxygens (including phenoxy) is 2. The maximum Gasteiger partial charge on any atom is 0.258 e. The summed E-state index contributed by atoms with van der Waals surface area (Å²) in [6.45, 7) is 1.01. The van der Waals surface area contributed by atoms with Crippen molar-refractivity contribution in [1.29, 1.82) is 0 Å². The van der Waals surface area contributed by atoms with E-state index >= 15 is 0 Å². The Balaban J connectivity index is 1.35. The number of hydrogen-bond acceptors (Lipinski definition) is 6. The minimum atomic E-state index is -0.486. The first-order valence-corrected chi connectivity index (χ1v) is 11.8. The summed E-state index contributed by atoms with van der Waals surface area (Å²) in [4.78, 5) is 32.4. The topological polar surface area (TPSA) is 80.8 Å². The van der Waals surface area contributed by atoms with Gasteiger partial charge in [0.15, 0.2) is 0 Å². The summed E-state index contributed by atoms with van der Waals surface area (Å²) in [6, 6.07) is 14.6. The molecule has 0 spiro atoms. The second kappa shape index (κ2) is 10.5. The van der Waals surface area contributed by atoms with E-state index in [2.05, 4.69) is 10.3 Å². The van der Waals surface area contributed by atoms with Crippen LogP contribution in [0.3, 0.4) is 0 Å². The average molecular weight is 466 g/mol. The molecule has 0 saturated carbocycles. The summed E-state index contributed by atoms with van der Waals surface area (Å²) in [5, 5.41) is 5.98. The third-order valence-corrected chi connectivity index (χ3v) is 6.65. The number of methoxy groups -OCH3 is 2. The van der Waals surface area contributed by atoms with Gasteiger partial charge < -0.3 is 19.7 Å². The molecule has 1 saturated heterocycles. The zero-order chi connectivity index (χ0) is 23.2. The first kappa shape index (κ1) is 22.8. The molecule has 33 heavy (non-hydrogen) atoms. The van der Waals surface area contributed by atoms with Gasteiger partial charge in [-0.3, -0.25) is 9.59 Å². The van der Waals surface area contributed by atoms with Gasteiger partial charge in [0.2, 0.25) is 5.91 Å². The van der Waals surface area contributed by atoms with Crippen molar-refractivity contribution < 1.29 is 19.1 Å². The molecule has 0 unspecified atom stereocenters. The van der Waals surface area contributed by atoms with Gasteiger partial charge >= 0.3 is 0 Å². The van der Waals surface area contributed by atoms with E-state index in [1.165, 1.54) is 7.11 Å². The normalized spacial score (nSPS) is 15.3. The molecule has 2 aromatic carbocycles. The number of benzene rings is 2. The molecule has 0 radical (unpaired) electrons. The predicted octanol–water partition coefficient (Wildman–Crippen LogP) is 3.79. The van der Waals surface area contributed by atoms with E-state index < -0.39 is 6.04 Å². The highest BCUT2D eigenvalue weighted by molar-refractivity contribution is 7.13. The quantitative estimate of drug-likeness (QED) is 0.548. The van der Waals surface area contributed by atoms with E-state index in [1.807, 2.05) is 35.7 Å². The monoisotopic (exact) mass is 465 g/mol. The SMILES string of the molecule is COc1ccc(C(=O)N2CCC[C@@H]2C(=O)NCCc2csc(-c3ccccc3)n2)c(OC)c1. The molecule has 0 bridgehead atoms. The van der Waals surface area contributed by atoms with E-state index in [0.29, 0.717) is 43.0 Å². The van der Waals surface area contributed by atoms with Gasteiger partial charge in [0.05, 0.1) is 25.5 Å². The highest BCUT2D eigenvalue weighted by Gasteiger charge is 2.35. The third kappa shape index (κ3) is 5.17. The van der Waals surface area contributed by atoms with Gasteiger partial charge in [-0.05, 0) is 25.0 Å². The van der Waals surface area contributed by atoms with Crippen molar-refractivity contribution in [2.75, 3.05) is 27.3 Å². The highest BCUT2D eigenvalue weighted by Crippen LogP contribution is 2.29. The molecule has 1 fully saturated rings. The van der Waals surface area contributed by atoms with Gasteiger partial charge in [0.25, 0.3) is 5.91 Å². The highest BCUT2D eigenvalue weighted by atomic mass is 32.1. The molecule has 1 N–H and O–H groups in total. The van der Waals surface area contributed by atoms with Gasteiger partial charge in [-0.1, -0.05) is 30.3 Å². The molecule has 1 aliphatic rings. The smallest absolute Gasteiger partial charge is 0.258 e. The maximum absolute atomic E-state index is 13.2. The molecule has 2 amide bonds. The Hall–Kier alpha value is -3.39. The summed E-state index contributed by atoms with van der Waals surface area (Å²) >= 11 is 1.60. The van der Waals surface area contributed by atoms with Crippen molar-refractivity contribution in [3.63, 3.8) is 0 Å². The van der Waals surface area contributed by atoms with E-state index in [1.54, 1.807) is 41.5 Å². The van der Waals surface area contributed by atoms with Gasteiger partial charge in [0, 0.05) is 36.5 Å². The maximum atomic E-state index is 13.2. The van der Waals surface area contributed by atoms with Crippen LogP contribution in [0, 0.1) is 0 Å². The fraction of sp³-hybridized carbons (Fsp3) is 0.320. The molecule has 7 nitrogen and oxygen atoms in total. The number of hydrogen-bond donors (Lipinski definition) is 1. The molecule has 3 aromatic rings. The molecule has 0 aliphatic carbocycles. The Morgan fingerprint density at radius 2 is 1.97 bits per heavy atom. The lowest BCUT2D eigenvalue weighted by atomic mass is 10.1. The lowest BCUT2D eigenvalue weighted by molar-refractivity contribution is -0.124. The van der Waals surface area contributed by atoms with Crippen LogP contribution in [-0.4, -0.2) is 55.0 Å². The number of aromatic nitrogens is 1. The van der Waals surface area contributed by atoms with Crippen LogP contribution in [0.4, 0.5) is 0 Å². The van der Waals surface area contributed by atoms with Crippen molar-refractivity contribution in [2.45, 2.75) is 25.3 Å². The number of carbonyl (C=O) groups is 2. The van der Waals surface area contributed by atoms with Crippen LogP contribution < -0.4 is 14.8 Å². The van der Waals surface area contributed by atoms with Crippen molar-refractivity contribution in [3.8, 4) is 22.1 Å². The van der Waals surface area contributed by atoms with E-state index in [4.69, 9.17) is 9.47 Å². The van der Waals surface area contributed by atoms with Crippen molar-refractivity contribution >= 4 is 23.2 Å². The Kier molecular flexibility index (Phi) is 7.24. The first-order valence-electron chi connectivity index (χ1n) is 10.9. The van der Waals surface area contributed by atoms with Gasteiger partial charge in [-0.15, -0.1) is 11.3 Å². The molecular formula is C25H27N3O4S. The third-order valence-electron chi connectivity index (χ3n) is 5.71. The van der Waals surface area contributed by atoms with Gasteiger partial charge in [0.1, 0.15) is 22.5 Å². The number of thiazole rings is 1. The van der Waals surface area contributed by atoms with E-state index in [-0.39, 0.29) is 11.8 Å². The molecule has 1 aliphatic heterocycles. The summed E-state index contributed by atoms with van der Waals surface area (Å²) in [6.07, 6.45) is 2.07. The summed E-state index contributed by atoms with van der Waals surface area (Å²) in [7, 11) is 3.08. The number of amides is 2. The second-order valence-corrected chi connectivity index (χ2v) is 8.63.